The number of fused-ring (bicyclic) bond motifs is 1. The lowest BCUT2D eigenvalue weighted by molar-refractivity contribution is -0.142. The fourth-order valence-electron chi connectivity index (χ4n) is 3.98. The lowest BCUT2D eigenvalue weighted by Gasteiger charge is -2.19. The minimum absolute atomic E-state index is 0.203. The highest BCUT2D eigenvalue weighted by molar-refractivity contribution is 7.15. The predicted molar refractivity (Wildman–Crippen MR) is 107 cm³/mol. The third-order valence-electron chi connectivity index (χ3n) is 5.30. The van der Waals surface area contributed by atoms with Gasteiger partial charge in [0.2, 0.25) is 17.7 Å². The van der Waals surface area contributed by atoms with Gasteiger partial charge in [-0.15, -0.1) is 11.3 Å². The Balaban J connectivity index is 1.36. The van der Waals surface area contributed by atoms with E-state index in [1.165, 1.54) is 11.3 Å². The summed E-state index contributed by atoms with van der Waals surface area (Å²) in [6.45, 7) is -0.242. The molecule has 0 radical (unpaired) electrons. The van der Waals surface area contributed by atoms with Gasteiger partial charge in [-0.3, -0.25) is 19.3 Å². The van der Waals surface area contributed by atoms with E-state index in [0.717, 1.165) is 41.0 Å². The molecule has 28 heavy (non-hydrogen) atoms. The normalized spacial score (nSPS) is 21.7. The summed E-state index contributed by atoms with van der Waals surface area (Å²) < 4.78 is 0. The molecule has 146 valence electrons. The van der Waals surface area contributed by atoms with Crippen molar-refractivity contribution in [1.82, 2.24) is 9.88 Å². The molecule has 0 spiro atoms. The molecule has 2 aromatic rings. The molecule has 6 nitrogen and oxygen atoms in total. The standard InChI is InChI=1S/C20H20ClN3O3S/c21-13-5-3-4-12(8-13)9-14-10-22-20(28-14)23-17(25)11-24-18(26)15-6-1-2-7-16(15)19(24)27/h3-5,8,10,15-16H,1-2,6-7,9,11H2,(H,22,23,25)/t15-,16+. The molecule has 8 heteroatoms. The summed E-state index contributed by atoms with van der Waals surface area (Å²) in [7, 11) is 0. The van der Waals surface area contributed by atoms with E-state index in [2.05, 4.69) is 10.3 Å². The Labute approximate surface area is 171 Å². The molecule has 2 heterocycles. The number of anilines is 1. The minimum Gasteiger partial charge on any atom is -0.300 e. The highest BCUT2D eigenvalue weighted by Crippen LogP contribution is 2.37. The van der Waals surface area contributed by atoms with Crippen molar-refractivity contribution in [3.8, 4) is 0 Å². The van der Waals surface area contributed by atoms with Crippen molar-refractivity contribution >= 4 is 45.8 Å². The molecule has 1 N–H and O–H groups in total. The monoisotopic (exact) mass is 417 g/mol. The van der Waals surface area contributed by atoms with E-state index in [1.54, 1.807) is 6.20 Å². The number of hydrogen-bond acceptors (Lipinski definition) is 5. The lowest BCUT2D eigenvalue weighted by atomic mass is 9.81. The zero-order valence-corrected chi connectivity index (χ0v) is 16.8. The highest BCUT2D eigenvalue weighted by atomic mass is 35.5. The van der Waals surface area contributed by atoms with E-state index in [4.69, 9.17) is 11.6 Å². The van der Waals surface area contributed by atoms with Crippen LogP contribution in [0, 0.1) is 11.8 Å². The van der Waals surface area contributed by atoms with Crippen molar-refractivity contribution in [2.45, 2.75) is 32.1 Å². The Kier molecular flexibility index (Phi) is 5.46. The summed E-state index contributed by atoms with van der Waals surface area (Å²) in [5.41, 5.74) is 1.06. The molecule has 2 atom stereocenters. The van der Waals surface area contributed by atoms with Gasteiger partial charge >= 0.3 is 0 Å². The van der Waals surface area contributed by atoms with Crippen molar-refractivity contribution in [1.29, 1.82) is 0 Å². The van der Waals surface area contributed by atoms with Crippen LogP contribution in [-0.2, 0) is 20.8 Å². The molecule has 0 bridgehead atoms. The largest absolute Gasteiger partial charge is 0.300 e. The number of amides is 3. The Hall–Kier alpha value is -2.25. The summed E-state index contributed by atoms with van der Waals surface area (Å²) in [6.07, 6.45) is 5.80. The van der Waals surface area contributed by atoms with E-state index in [1.807, 2.05) is 24.3 Å². The van der Waals surface area contributed by atoms with E-state index in [9.17, 15) is 14.4 Å². The fourth-order valence-corrected chi connectivity index (χ4v) is 5.06. The molecular formula is C20H20ClN3O3S. The number of thiazole rings is 1. The molecule has 2 fully saturated rings. The van der Waals surface area contributed by atoms with Crippen LogP contribution in [0.3, 0.4) is 0 Å². The molecular weight excluding hydrogens is 398 g/mol. The summed E-state index contributed by atoms with van der Waals surface area (Å²) in [6, 6.07) is 7.58. The Morgan fingerprint density at radius 1 is 1.21 bits per heavy atom. The number of halogens is 1. The van der Waals surface area contributed by atoms with Gasteiger partial charge in [0.05, 0.1) is 11.8 Å². The van der Waals surface area contributed by atoms with Crippen molar-refractivity contribution in [2.24, 2.45) is 11.8 Å². The number of carbonyl (C=O) groups is 3. The van der Waals surface area contributed by atoms with Gasteiger partial charge in [0.15, 0.2) is 5.13 Å². The number of rotatable bonds is 5. The average Bonchev–Trinajstić information content (AvgIpc) is 3.20. The second-order valence-corrected chi connectivity index (χ2v) is 8.80. The third-order valence-corrected chi connectivity index (χ3v) is 6.45. The molecule has 0 unspecified atom stereocenters. The topological polar surface area (TPSA) is 79.4 Å². The first-order valence-corrected chi connectivity index (χ1v) is 10.5. The first-order chi connectivity index (χ1) is 13.5. The molecule has 1 aromatic heterocycles. The Morgan fingerprint density at radius 3 is 2.61 bits per heavy atom. The molecule has 2 aliphatic rings. The van der Waals surface area contributed by atoms with Gasteiger partial charge in [0, 0.05) is 22.5 Å². The van der Waals surface area contributed by atoms with Crippen LogP contribution in [0.25, 0.3) is 0 Å². The van der Waals surface area contributed by atoms with Crippen LogP contribution < -0.4 is 5.32 Å². The van der Waals surface area contributed by atoms with E-state index in [-0.39, 0.29) is 30.2 Å². The van der Waals surface area contributed by atoms with Gasteiger partial charge < -0.3 is 5.32 Å². The van der Waals surface area contributed by atoms with Crippen LogP contribution in [0.1, 0.15) is 36.1 Å². The second-order valence-electron chi connectivity index (χ2n) is 7.25. The van der Waals surface area contributed by atoms with Crippen molar-refractivity contribution in [3.05, 3.63) is 45.9 Å². The van der Waals surface area contributed by atoms with Crippen LogP contribution >= 0.6 is 22.9 Å². The number of imide groups is 1. The van der Waals surface area contributed by atoms with E-state index >= 15 is 0 Å². The SMILES string of the molecule is O=C(CN1C(=O)[C@H]2CCCC[C@H]2C1=O)Nc1ncc(Cc2cccc(Cl)c2)s1. The minimum atomic E-state index is -0.399. The number of nitrogens with one attached hydrogen (secondary N) is 1. The first kappa shape index (κ1) is 19.1. The molecule has 1 aliphatic heterocycles. The van der Waals surface area contributed by atoms with Gasteiger partial charge in [-0.2, -0.15) is 0 Å². The van der Waals surface area contributed by atoms with E-state index in [0.29, 0.717) is 16.6 Å². The maximum atomic E-state index is 12.5. The molecule has 1 aliphatic carbocycles. The average molecular weight is 418 g/mol. The number of carbonyl (C=O) groups excluding carboxylic acids is 3. The zero-order valence-electron chi connectivity index (χ0n) is 15.2. The zero-order chi connectivity index (χ0) is 19.7. The fraction of sp³-hybridized carbons (Fsp3) is 0.400. The van der Waals surface area contributed by atoms with Crippen LogP contribution in [0.4, 0.5) is 5.13 Å². The van der Waals surface area contributed by atoms with Gasteiger partial charge in [-0.05, 0) is 30.5 Å². The Morgan fingerprint density at radius 2 is 1.93 bits per heavy atom. The van der Waals surface area contributed by atoms with Crippen molar-refractivity contribution in [3.63, 3.8) is 0 Å². The second kappa shape index (κ2) is 8.01. The molecule has 1 saturated heterocycles. The maximum absolute atomic E-state index is 12.5. The first-order valence-electron chi connectivity index (χ1n) is 9.35. The predicted octanol–water partition coefficient (Wildman–Crippen LogP) is 3.50. The summed E-state index contributed by atoms with van der Waals surface area (Å²) in [4.78, 5) is 43.6. The summed E-state index contributed by atoms with van der Waals surface area (Å²) in [5, 5.41) is 3.84. The van der Waals surface area contributed by atoms with E-state index < -0.39 is 5.91 Å². The van der Waals surface area contributed by atoms with Crippen molar-refractivity contribution in [2.75, 3.05) is 11.9 Å². The highest BCUT2D eigenvalue weighted by Gasteiger charge is 2.48. The quantitative estimate of drug-likeness (QED) is 0.755. The summed E-state index contributed by atoms with van der Waals surface area (Å²) in [5.74, 6) is -1.28. The molecule has 1 saturated carbocycles. The van der Waals surface area contributed by atoms with Gasteiger partial charge in [0.25, 0.3) is 0 Å². The third kappa shape index (κ3) is 3.95. The molecule has 1 aromatic carbocycles. The van der Waals surface area contributed by atoms with Crippen LogP contribution in [-0.4, -0.2) is 34.2 Å². The van der Waals surface area contributed by atoms with Crippen LogP contribution in [0.2, 0.25) is 5.02 Å². The van der Waals surface area contributed by atoms with Gasteiger partial charge in [-0.25, -0.2) is 4.98 Å². The number of hydrogen-bond donors (Lipinski definition) is 1. The number of benzene rings is 1. The maximum Gasteiger partial charge on any atom is 0.246 e. The number of likely N-dealkylation sites (tertiary alicyclic amines) is 1. The van der Waals surface area contributed by atoms with Gasteiger partial charge in [0.1, 0.15) is 6.54 Å². The summed E-state index contributed by atoms with van der Waals surface area (Å²) >= 11 is 7.37. The molecule has 3 amide bonds. The Bertz CT molecular complexity index is 905. The van der Waals surface area contributed by atoms with Crippen LogP contribution in [0.15, 0.2) is 30.5 Å². The number of aromatic nitrogens is 1. The smallest absolute Gasteiger partial charge is 0.246 e. The van der Waals surface area contributed by atoms with Crippen LogP contribution in [0.5, 0.6) is 0 Å². The van der Waals surface area contributed by atoms with Crippen molar-refractivity contribution < 1.29 is 14.4 Å². The van der Waals surface area contributed by atoms with Gasteiger partial charge in [-0.1, -0.05) is 36.6 Å². The lowest BCUT2D eigenvalue weighted by Crippen LogP contribution is -2.38. The number of nitrogens with zero attached hydrogens (tertiary/aromatic N) is 2. The molecule has 4 rings (SSSR count).